The van der Waals surface area contributed by atoms with Gasteiger partial charge in [-0.3, -0.25) is 4.79 Å². The molecule has 0 saturated carbocycles. The first kappa shape index (κ1) is 13.4. The fourth-order valence-electron chi connectivity index (χ4n) is 2.95. The van der Waals surface area contributed by atoms with Crippen LogP contribution >= 0.6 is 0 Å². The summed E-state index contributed by atoms with van der Waals surface area (Å²) in [6.07, 6.45) is 1.12. The SMILES string of the molecule is CC1OCCC1C(N)c1ccc2c(c1)C(=O)NCCO2. The first-order chi connectivity index (χ1) is 9.66. The second-order valence-corrected chi connectivity index (χ2v) is 5.41. The van der Waals surface area contributed by atoms with Crippen LogP contribution in [0.5, 0.6) is 5.75 Å². The van der Waals surface area contributed by atoms with E-state index in [0.29, 0.717) is 30.4 Å². The molecule has 1 aromatic rings. The standard InChI is InChI=1S/C15H20N2O3/c1-9-11(4-6-19-9)14(16)10-2-3-13-12(8-10)15(18)17-5-7-20-13/h2-3,8-9,11,14H,4-7,16H2,1H3,(H,17,18). The summed E-state index contributed by atoms with van der Waals surface area (Å²) in [5.41, 5.74) is 7.89. The van der Waals surface area contributed by atoms with Crippen LogP contribution in [0.1, 0.15) is 35.3 Å². The van der Waals surface area contributed by atoms with Crippen molar-refractivity contribution in [3.05, 3.63) is 29.3 Å². The molecule has 1 aromatic carbocycles. The lowest BCUT2D eigenvalue weighted by Crippen LogP contribution is -2.27. The van der Waals surface area contributed by atoms with Gasteiger partial charge in [-0.1, -0.05) is 6.07 Å². The van der Waals surface area contributed by atoms with E-state index in [2.05, 4.69) is 12.2 Å². The third kappa shape index (κ3) is 2.39. The molecule has 2 heterocycles. The van der Waals surface area contributed by atoms with Crippen LogP contribution in [0.3, 0.4) is 0 Å². The van der Waals surface area contributed by atoms with Crippen molar-refractivity contribution < 1.29 is 14.3 Å². The minimum atomic E-state index is -0.117. The number of ether oxygens (including phenoxy) is 2. The Hall–Kier alpha value is -1.59. The minimum absolute atomic E-state index is 0.0951. The van der Waals surface area contributed by atoms with Crippen LogP contribution in [-0.2, 0) is 4.74 Å². The van der Waals surface area contributed by atoms with Gasteiger partial charge in [0.25, 0.3) is 5.91 Å². The average molecular weight is 276 g/mol. The molecule has 2 aliphatic rings. The predicted molar refractivity (Wildman–Crippen MR) is 74.7 cm³/mol. The normalized spacial score (nSPS) is 27.2. The van der Waals surface area contributed by atoms with Crippen LogP contribution < -0.4 is 15.8 Å². The molecule has 1 fully saturated rings. The van der Waals surface area contributed by atoms with Crippen molar-refractivity contribution in [2.75, 3.05) is 19.8 Å². The van der Waals surface area contributed by atoms with Gasteiger partial charge >= 0.3 is 0 Å². The van der Waals surface area contributed by atoms with E-state index in [1.807, 2.05) is 18.2 Å². The van der Waals surface area contributed by atoms with Crippen LogP contribution in [0.2, 0.25) is 0 Å². The summed E-state index contributed by atoms with van der Waals surface area (Å²) < 4.78 is 11.1. The molecule has 108 valence electrons. The molecule has 0 radical (unpaired) electrons. The summed E-state index contributed by atoms with van der Waals surface area (Å²) >= 11 is 0. The minimum Gasteiger partial charge on any atom is -0.491 e. The molecule has 3 unspecified atom stereocenters. The zero-order valence-corrected chi connectivity index (χ0v) is 11.6. The third-order valence-electron chi connectivity index (χ3n) is 4.17. The van der Waals surface area contributed by atoms with E-state index in [-0.39, 0.29) is 18.1 Å². The lowest BCUT2D eigenvalue weighted by molar-refractivity contribution is 0.0957. The molecule has 5 heteroatoms. The molecule has 0 aliphatic carbocycles. The maximum atomic E-state index is 12.0. The molecule has 5 nitrogen and oxygen atoms in total. The number of carbonyl (C=O) groups is 1. The van der Waals surface area contributed by atoms with Gasteiger partial charge in [0.05, 0.1) is 18.2 Å². The Bertz CT molecular complexity index is 518. The lowest BCUT2D eigenvalue weighted by Gasteiger charge is -2.23. The summed E-state index contributed by atoms with van der Waals surface area (Å²) in [4.78, 5) is 12.0. The number of carbonyl (C=O) groups excluding carboxylic acids is 1. The van der Waals surface area contributed by atoms with E-state index >= 15 is 0 Å². The van der Waals surface area contributed by atoms with Gasteiger partial charge in [-0.25, -0.2) is 0 Å². The fraction of sp³-hybridized carbons (Fsp3) is 0.533. The Morgan fingerprint density at radius 3 is 3.00 bits per heavy atom. The van der Waals surface area contributed by atoms with Gasteiger partial charge in [-0.05, 0) is 31.0 Å². The Morgan fingerprint density at radius 1 is 1.40 bits per heavy atom. The highest BCUT2D eigenvalue weighted by Gasteiger charge is 2.31. The van der Waals surface area contributed by atoms with Gasteiger partial charge in [0.15, 0.2) is 0 Å². The first-order valence-corrected chi connectivity index (χ1v) is 7.09. The topological polar surface area (TPSA) is 73.6 Å². The van der Waals surface area contributed by atoms with Crippen molar-refractivity contribution in [1.82, 2.24) is 5.32 Å². The van der Waals surface area contributed by atoms with Crippen LogP contribution in [0.4, 0.5) is 0 Å². The number of benzene rings is 1. The number of nitrogens with two attached hydrogens (primary N) is 1. The summed E-state index contributed by atoms with van der Waals surface area (Å²) in [5.74, 6) is 0.830. The molecule has 0 bridgehead atoms. The number of amides is 1. The number of nitrogens with one attached hydrogen (secondary N) is 1. The molecular formula is C15H20N2O3. The van der Waals surface area contributed by atoms with Gasteiger partial charge in [0.2, 0.25) is 0 Å². The van der Waals surface area contributed by atoms with E-state index in [1.165, 1.54) is 0 Å². The Kier molecular flexibility index (Phi) is 3.63. The average Bonchev–Trinajstić information content (AvgIpc) is 2.79. The number of hydrogen-bond donors (Lipinski definition) is 2. The molecule has 2 aliphatic heterocycles. The quantitative estimate of drug-likeness (QED) is 0.852. The van der Waals surface area contributed by atoms with E-state index in [0.717, 1.165) is 18.6 Å². The summed E-state index contributed by atoms with van der Waals surface area (Å²) in [6, 6.07) is 5.53. The molecule has 3 rings (SSSR count). The molecule has 3 atom stereocenters. The van der Waals surface area contributed by atoms with E-state index in [4.69, 9.17) is 15.2 Å². The molecule has 1 saturated heterocycles. The lowest BCUT2D eigenvalue weighted by atomic mass is 9.88. The summed E-state index contributed by atoms with van der Waals surface area (Å²) in [7, 11) is 0. The van der Waals surface area contributed by atoms with E-state index < -0.39 is 0 Å². The Morgan fingerprint density at radius 2 is 2.25 bits per heavy atom. The highest BCUT2D eigenvalue weighted by molar-refractivity contribution is 5.97. The first-order valence-electron chi connectivity index (χ1n) is 7.09. The van der Waals surface area contributed by atoms with E-state index in [1.54, 1.807) is 0 Å². The van der Waals surface area contributed by atoms with Crippen LogP contribution in [-0.4, -0.2) is 31.8 Å². The molecule has 1 amide bonds. The smallest absolute Gasteiger partial charge is 0.255 e. The van der Waals surface area contributed by atoms with Crippen molar-refractivity contribution in [3.8, 4) is 5.75 Å². The van der Waals surface area contributed by atoms with Gasteiger partial charge in [-0.15, -0.1) is 0 Å². The molecule has 20 heavy (non-hydrogen) atoms. The Balaban J connectivity index is 1.89. The van der Waals surface area contributed by atoms with Crippen molar-refractivity contribution in [1.29, 1.82) is 0 Å². The van der Waals surface area contributed by atoms with Crippen LogP contribution in [0.15, 0.2) is 18.2 Å². The zero-order valence-electron chi connectivity index (χ0n) is 11.6. The van der Waals surface area contributed by atoms with Gasteiger partial charge in [0, 0.05) is 18.6 Å². The molecular weight excluding hydrogens is 256 g/mol. The number of rotatable bonds is 2. The van der Waals surface area contributed by atoms with Crippen molar-refractivity contribution >= 4 is 5.91 Å². The van der Waals surface area contributed by atoms with Gasteiger partial charge < -0.3 is 20.5 Å². The van der Waals surface area contributed by atoms with E-state index in [9.17, 15) is 4.79 Å². The monoisotopic (exact) mass is 276 g/mol. The summed E-state index contributed by atoms with van der Waals surface area (Å²) in [6.45, 7) is 3.84. The maximum absolute atomic E-state index is 12.0. The van der Waals surface area contributed by atoms with Crippen molar-refractivity contribution in [2.45, 2.75) is 25.5 Å². The second-order valence-electron chi connectivity index (χ2n) is 5.41. The Labute approximate surface area is 118 Å². The van der Waals surface area contributed by atoms with Crippen LogP contribution in [0.25, 0.3) is 0 Å². The summed E-state index contributed by atoms with van der Waals surface area (Å²) in [5, 5.41) is 2.82. The molecule has 3 N–H and O–H groups in total. The van der Waals surface area contributed by atoms with Crippen molar-refractivity contribution in [2.24, 2.45) is 11.7 Å². The van der Waals surface area contributed by atoms with Gasteiger partial charge in [-0.2, -0.15) is 0 Å². The fourth-order valence-corrected chi connectivity index (χ4v) is 2.95. The largest absolute Gasteiger partial charge is 0.491 e. The number of fused-ring (bicyclic) bond motifs is 1. The molecule has 0 spiro atoms. The van der Waals surface area contributed by atoms with Crippen LogP contribution in [0, 0.1) is 5.92 Å². The van der Waals surface area contributed by atoms with Gasteiger partial charge in [0.1, 0.15) is 12.4 Å². The second kappa shape index (κ2) is 5.42. The third-order valence-corrected chi connectivity index (χ3v) is 4.17. The highest BCUT2D eigenvalue weighted by atomic mass is 16.5. The van der Waals surface area contributed by atoms with Crippen molar-refractivity contribution in [3.63, 3.8) is 0 Å². The maximum Gasteiger partial charge on any atom is 0.255 e. The predicted octanol–water partition coefficient (Wildman–Crippen LogP) is 1.23. The molecule has 0 aromatic heterocycles. The highest BCUT2D eigenvalue weighted by Crippen LogP contribution is 2.33. The number of hydrogen-bond acceptors (Lipinski definition) is 4. The zero-order chi connectivity index (χ0) is 14.1.